The first-order chi connectivity index (χ1) is 8.78. The van der Waals surface area contributed by atoms with Crippen molar-refractivity contribution in [3.8, 4) is 5.75 Å². The Morgan fingerprint density at radius 1 is 1.50 bits per heavy atom. The lowest BCUT2D eigenvalue weighted by molar-refractivity contribution is 0.112. The zero-order valence-electron chi connectivity index (χ0n) is 11.0. The van der Waals surface area contributed by atoms with Crippen molar-refractivity contribution in [1.29, 1.82) is 0 Å². The highest BCUT2D eigenvalue weighted by molar-refractivity contribution is 5.75. The lowest BCUT2D eigenvalue weighted by Crippen LogP contribution is -2.37. The van der Waals surface area contributed by atoms with Gasteiger partial charge in [0.2, 0.25) is 0 Å². The lowest BCUT2D eigenvalue weighted by Gasteiger charge is -2.30. The molecule has 3 nitrogen and oxygen atoms in total. The Morgan fingerprint density at radius 2 is 2.39 bits per heavy atom. The number of aldehydes is 1. The number of piperidine rings is 1. The van der Waals surface area contributed by atoms with E-state index in [1.807, 2.05) is 12.1 Å². The van der Waals surface area contributed by atoms with Gasteiger partial charge in [-0.2, -0.15) is 0 Å². The van der Waals surface area contributed by atoms with Crippen LogP contribution in [0.15, 0.2) is 24.3 Å². The molecule has 1 aliphatic rings. The summed E-state index contributed by atoms with van der Waals surface area (Å²) in [4.78, 5) is 13.1. The number of likely N-dealkylation sites (tertiary alicyclic amines) is 1. The van der Waals surface area contributed by atoms with Gasteiger partial charge in [-0.25, -0.2) is 0 Å². The summed E-state index contributed by atoms with van der Waals surface area (Å²) >= 11 is 0. The van der Waals surface area contributed by atoms with E-state index < -0.39 is 0 Å². The van der Waals surface area contributed by atoms with Crippen LogP contribution in [0.2, 0.25) is 0 Å². The van der Waals surface area contributed by atoms with Crippen LogP contribution >= 0.6 is 0 Å². The van der Waals surface area contributed by atoms with Crippen LogP contribution in [-0.4, -0.2) is 37.4 Å². The normalized spacial score (nSPS) is 20.6. The van der Waals surface area contributed by atoms with E-state index in [-0.39, 0.29) is 0 Å². The topological polar surface area (TPSA) is 29.5 Å². The first-order valence-corrected chi connectivity index (χ1v) is 6.68. The van der Waals surface area contributed by atoms with Crippen LogP contribution in [0.5, 0.6) is 5.75 Å². The molecule has 0 aliphatic carbocycles. The van der Waals surface area contributed by atoms with Gasteiger partial charge < -0.3 is 4.74 Å². The molecule has 1 unspecified atom stereocenters. The fourth-order valence-corrected chi connectivity index (χ4v) is 2.46. The summed E-state index contributed by atoms with van der Waals surface area (Å²) in [6.07, 6.45) is 3.49. The third kappa shape index (κ3) is 3.84. The number of nitrogens with zero attached hydrogens (tertiary/aromatic N) is 1. The number of benzene rings is 1. The van der Waals surface area contributed by atoms with Crippen LogP contribution in [0, 0.1) is 5.92 Å². The van der Waals surface area contributed by atoms with Gasteiger partial charge in [-0.05, 0) is 37.4 Å². The van der Waals surface area contributed by atoms with Gasteiger partial charge in [-0.3, -0.25) is 9.69 Å². The average Bonchev–Trinajstić information content (AvgIpc) is 2.39. The largest absolute Gasteiger partial charge is 0.492 e. The summed E-state index contributed by atoms with van der Waals surface area (Å²) in [5.74, 6) is 1.58. The number of rotatable bonds is 5. The van der Waals surface area contributed by atoms with Crippen LogP contribution in [0.4, 0.5) is 0 Å². The molecule has 1 aromatic rings. The molecule has 1 saturated heterocycles. The van der Waals surface area contributed by atoms with E-state index in [0.717, 1.165) is 24.5 Å². The molecule has 0 spiro atoms. The highest BCUT2D eigenvalue weighted by Crippen LogP contribution is 2.16. The molecule has 1 fully saturated rings. The molecule has 2 rings (SSSR count). The molecule has 0 radical (unpaired) electrons. The minimum Gasteiger partial charge on any atom is -0.492 e. The Labute approximate surface area is 109 Å². The number of carbonyl (C=O) groups is 1. The van der Waals surface area contributed by atoms with E-state index in [0.29, 0.717) is 12.2 Å². The number of hydrogen-bond donors (Lipinski definition) is 0. The molecule has 98 valence electrons. The predicted octanol–water partition coefficient (Wildman–Crippen LogP) is 2.61. The maximum absolute atomic E-state index is 10.7. The van der Waals surface area contributed by atoms with Gasteiger partial charge in [0.05, 0.1) is 0 Å². The molecule has 1 aromatic carbocycles. The smallest absolute Gasteiger partial charge is 0.150 e. The molecule has 0 bridgehead atoms. The van der Waals surface area contributed by atoms with Crippen molar-refractivity contribution in [2.24, 2.45) is 5.92 Å². The summed E-state index contributed by atoms with van der Waals surface area (Å²) in [6, 6.07) is 7.31. The lowest BCUT2D eigenvalue weighted by atomic mass is 10.0. The fourth-order valence-electron chi connectivity index (χ4n) is 2.46. The van der Waals surface area contributed by atoms with E-state index in [1.165, 1.54) is 25.9 Å². The van der Waals surface area contributed by atoms with Crippen molar-refractivity contribution in [3.63, 3.8) is 0 Å². The van der Waals surface area contributed by atoms with E-state index in [9.17, 15) is 4.79 Å². The second kappa shape index (κ2) is 6.55. The quantitative estimate of drug-likeness (QED) is 0.749. The summed E-state index contributed by atoms with van der Waals surface area (Å²) < 4.78 is 5.69. The van der Waals surface area contributed by atoms with E-state index in [1.54, 1.807) is 12.1 Å². The summed E-state index contributed by atoms with van der Waals surface area (Å²) in [6.45, 7) is 6.32. The van der Waals surface area contributed by atoms with Crippen molar-refractivity contribution in [3.05, 3.63) is 29.8 Å². The second-order valence-corrected chi connectivity index (χ2v) is 5.09. The van der Waals surface area contributed by atoms with Crippen molar-refractivity contribution in [1.82, 2.24) is 4.90 Å². The monoisotopic (exact) mass is 247 g/mol. The van der Waals surface area contributed by atoms with Crippen LogP contribution in [-0.2, 0) is 0 Å². The Kier molecular flexibility index (Phi) is 4.76. The second-order valence-electron chi connectivity index (χ2n) is 5.09. The van der Waals surface area contributed by atoms with E-state index in [4.69, 9.17) is 4.74 Å². The average molecular weight is 247 g/mol. The Morgan fingerprint density at radius 3 is 3.17 bits per heavy atom. The Balaban J connectivity index is 1.75. The fraction of sp³-hybridized carbons (Fsp3) is 0.533. The molecule has 18 heavy (non-hydrogen) atoms. The van der Waals surface area contributed by atoms with Crippen molar-refractivity contribution >= 4 is 6.29 Å². The molecule has 0 amide bonds. The molecule has 3 heteroatoms. The first-order valence-electron chi connectivity index (χ1n) is 6.68. The molecular weight excluding hydrogens is 226 g/mol. The SMILES string of the molecule is CC1CCCN(CCOc2cccc(C=O)c2)C1. The minimum atomic E-state index is 0.666. The van der Waals surface area contributed by atoms with Crippen LogP contribution < -0.4 is 4.74 Å². The van der Waals surface area contributed by atoms with Gasteiger partial charge in [0.25, 0.3) is 0 Å². The third-order valence-electron chi connectivity index (χ3n) is 3.41. The van der Waals surface area contributed by atoms with Gasteiger partial charge >= 0.3 is 0 Å². The van der Waals surface area contributed by atoms with E-state index in [2.05, 4.69) is 11.8 Å². The molecule has 0 aromatic heterocycles. The summed E-state index contributed by atoms with van der Waals surface area (Å²) in [5, 5.41) is 0. The summed E-state index contributed by atoms with van der Waals surface area (Å²) in [5.41, 5.74) is 0.666. The molecule has 1 heterocycles. The molecule has 0 saturated carbocycles. The number of ether oxygens (including phenoxy) is 1. The van der Waals surface area contributed by atoms with Gasteiger partial charge in [0.15, 0.2) is 0 Å². The Bertz CT molecular complexity index is 392. The zero-order valence-corrected chi connectivity index (χ0v) is 11.0. The van der Waals surface area contributed by atoms with Gasteiger partial charge in [-0.15, -0.1) is 0 Å². The zero-order chi connectivity index (χ0) is 12.8. The highest BCUT2D eigenvalue weighted by Gasteiger charge is 2.15. The molecule has 0 N–H and O–H groups in total. The maximum Gasteiger partial charge on any atom is 0.150 e. The molecule has 1 atom stereocenters. The van der Waals surface area contributed by atoms with Crippen molar-refractivity contribution in [2.45, 2.75) is 19.8 Å². The van der Waals surface area contributed by atoms with Gasteiger partial charge in [0.1, 0.15) is 18.6 Å². The van der Waals surface area contributed by atoms with Crippen LogP contribution in [0.25, 0.3) is 0 Å². The van der Waals surface area contributed by atoms with Crippen LogP contribution in [0.1, 0.15) is 30.1 Å². The van der Waals surface area contributed by atoms with Gasteiger partial charge in [-0.1, -0.05) is 19.1 Å². The first kappa shape index (κ1) is 13.1. The molecule has 1 aliphatic heterocycles. The standard InChI is InChI=1S/C15H21NO2/c1-13-4-3-7-16(11-13)8-9-18-15-6-2-5-14(10-15)12-17/h2,5-6,10,12-13H,3-4,7-9,11H2,1H3. The van der Waals surface area contributed by atoms with E-state index >= 15 is 0 Å². The molecular formula is C15H21NO2. The Hall–Kier alpha value is -1.35. The predicted molar refractivity (Wildman–Crippen MR) is 72.2 cm³/mol. The summed E-state index contributed by atoms with van der Waals surface area (Å²) in [7, 11) is 0. The number of hydrogen-bond acceptors (Lipinski definition) is 3. The third-order valence-corrected chi connectivity index (χ3v) is 3.41. The number of carbonyl (C=O) groups excluding carboxylic acids is 1. The van der Waals surface area contributed by atoms with Gasteiger partial charge in [0, 0.05) is 18.7 Å². The van der Waals surface area contributed by atoms with Crippen molar-refractivity contribution < 1.29 is 9.53 Å². The maximum atomic E-state index is 10.7. The highest BCUT2D eigenvalue weighted by atomic mass is 16.5. The van der Waals surface area contributed by atoms with Crippen LogP contribution in [0.3, 0.4) is 0 Å². The minimum absolute atomic E-state index is 0.666. The van der Waals surface area contributed by atoms with Crippen molar-refractivity contribution in [2.75, 3.05) is 26.2 Å².